The van der Waals surface area contributed by atoms with Gasteiger partial charge in [-0.2, -0.15) is 4.98 Å². The van der Waals surface area contributed by atoms with Gasteiger partial charge in [0.2, 0.25) is 11.1 Å². The van der Waals surface area contributed by atoms with Crippen LogP contribution in [0.25, 0.3) is 5.70 Å². The molecule has 4 rings (SSSR count). The minimum Gasteiger partial charge on any atom is -0.324 e. The maximum Gasteiger partial charge on any atom is 0.269 e. The molecule has 0 amide bonds. The zero-order valence-corrected chi connectivity index (χ0v) is 14.7. The lowest BCUT2D eigenvalue weighted by Crippen LogP contribution is -2.20. The predicted octanol–water partition coefficient (Wildman–Crippen LogP) is 3.96. The van der Waals surface area contributed by atoms with Crippen molar-refractivity contribution < 1.29 is 4.92 Å². The Bertz CT molecular complexity index is 983. The zero-order chi connectivity index (χ0) is 18.1. The first-order chi connectivity index (χ1) is 12.7. The number of nitrogens with zero attached hydrogens (tertiary/aromatic N) is 4. The van der Waals surface area contributed by atoms with Crippen molar-refractivity contribution >= 4 is 29.1 Å². The van der Waals surface area contributed by atoms with Gasteiger partial charge in [-0.15, -0.1) is 5.10 Å². The highest BCUT2D eigenvalue weighted by molar-refractivity contribution is 7.98. The van der Waals surface area contributed by atoms with E-state index in [2.05, 4.69) is 21.5 Å². The number of hydrogen-bond donors (Lipinski definition) is 1. The van der Waals surface area contributed by atoms with Gasteiger partial charge in [-0.1, -0.05) is 42.1 Å². The minimum absolute atomic E-state index is 0.0672. The topological polar surface area (TPSA) is 85.9 Å². The van der Waals surface area contributed by atoms with E-state index in [9.17, 15) is 10.1 Å². The van der Waals surface area contributed by atoms with Gasteiger partial charge in [0.05, 0.1) is 4.92 Å². The predicted molar refractivity (Wildman–Crippen MR) is 101 cm³/mol. The Morgan fingerprint density at radius 3 is 2.54 bits per heavy atom. The summed E-state index contributed by atoms with van der Waals surface area (Å²) in [6.07, 6.45) is 3.99. The summed E-state index contributed by atoms with van der Waals surface area (Å²) >= 11 is 1.48. The third kappa shape index (κ3) is 2.95. The molecule has 0 saturated heterocycles. The largest absolute Gasteiger partial charge is 0.324 e. The number of hydrogen-bond acceptors (Lipinski definition) is 6. The second kappa shape index (κ2) is 6.64. The molecule has 2 aromatic carbocycles. The van der Waals surface area contributed by atoms with Crippen LogP contribution in [0.3, 0.4) is 0 Å². The van der Waals surface area contributed by atoms with Gasteiger partial charge in [0.15, 0.2) is 0 Å². The van der Waals surface area contributed by atoms with Gasteiger partial charge < -0.3 is 5.32 Å². The summed E-state index contributed by atoms with van der Waals surface area (Å²) in [6.45, 7) is 0. The fourth-order valence-corrected chi connectivity index (χ4v) is 3.23. The van der Waals surface area contributed by atoms with Gasteiger partial charge in [-0.25, -0.2) is 4.68 Å². The SMILES string of the molecule is CSc1nc2n(n1)[C@@H](c1ccccc1)C=C(c1ccc([N+](=O)[O-])cc1)N2. The highest BCUT2D eigenvalue weighted by Crippen LogP contribution is 2.33. The molecule has 8 heteroatoms. The molecule has 2 heterocycles. The van der Waals surface area contributed by atoms with Crippen LogP contribution in [-0.4, -0.2) is 25.9 Å². The minimum atomic E-state index is -0.402. The summed E-state index contributed by atoms with van der Waals surface area (Å²) in [5.74, 6) is 0.652. The van der Waals surface area contributed by atoms with E-state index in [0.717, 1.165) is 16.8 Å². The molecule has 130 valence electrons. The number of allylic oxidation sites excluding steroid dienone is 1. The molecule has 0 aliphatic carbocycles. The molecule has 1 atom stereocenters. The second-order valence-electron chi connectivity index (χ2n) is 5.73. The maximum atomic E-state index is 10.9. The second-order valence-corrected chi connectivity index (χ2v) is 6.50. The van der Waals surface area contributed by atoms with Crippen molar-refractivity contribution in [1.29, 1.82) is 0 Å². The molecular formula is C18H15N5O2S. The molecule has 0 radical (unpaired) electrons. The van der Waals surface area contributed by atoms with E-state index in [1.165, 1.54) is 23.9 Å². The molecule has 26 heavy (non-hydrogen) atoms. The zero-order valence-electron chi connectivity index (χ0n) is 13.9. The first-order valence-electron chi connectivity index (χ1n) is 7.95. The normalized spacial score (nSPS) is 15.7. The van der Waals surface area contributed by atoms with Crippen LogP contribution in [0.1, 0.15) is 17.2 Å². The lowest BCUT2D eigenvalue weighted by atomic mass is 10.0. The quantitative estimate of drug-likeness (QED) is 0.428. The molecule has 0 spiro atoms. The molecule has 0 unspecified atom stereocenters. The number of nitro benzene ring substituents is 1. The van der Waals surface area contributed by atoms with Crippen molar-refractivity contribution in [2.75, 3.05) is 11.6 Å². The maximum absolute atomic E-state index is 10.9. The molecule has 1 N–H and O–H groups in total. The van der Waals surface area contributed by atoms with E-state index in [0.29, 0.717) is 11.1 Å². The van der Waals surface area contributed by atoms with Crippen LogP contribution in [0, 0.1) is 10.1 Å². The Kier molecular flexibility index (Phi) is 4.18. The van der Waals surface area contributed by atoms with Crippen LogP contribution in [0.2, 0.25) is 0 Å². The van der Waals surface area contributed by atoms with Gasteiger partial charge >= 0.3 is 0 Å². The summed E-state index contributed by atoms with van der Waals surface area (Å²) in [5.41, 5.74) is 2.86. The average molecular weight is 365 g/mol. The molecular weight excluding hydrogens is 350 g/mol. The van der Waals surface area contributed by atoms with Crippen LogP contribution in [0.4, 0.5) is 11.6 Å². The number of thioether (sulfide) groups is 1. The van der Waals surface area contributed by atoms with Gasteiger partial charge in [-0.3, -0.25) is 10.1 Å². The molecule has 0 bridgehead atoms. The third-order valence-corrected chi connectivity index (χ3v) is 4.70. The molecule has 0 saturated carbocycles. The van der Waals surface area contributed by atoms with E-state index in [-0.39, 0.29) is 11.7 Å². The number of anilines is 1. The number of rotatable bonds is 4. The Labute approximate surface area is 153 Å². The van der Waals surface area contributed by atoms with Crippen molar-refractivity contribution in [1.82, 2.24) is 14.8 Å². The smallest absolute Gasteiger partial charge is 0.269 e. The van der Waals surface area contributed by atoms with E-state index < -0.39 is 4.92 Å². The Morgan fingerprint density at radius 2 is 1.88 bits per heavy atom. The Hall–Kier alpha value is -3.13. The van der Waals surface area contributed by atoms with Gasteiger partial charge in [0.25, 0.3) is 5.69 Å². The number of non-ortho nitro benzene ring substituents is 1. The van der Waals surface area contributed by atoms with Crippen LogP contribution in [0.15, 0.2) is 65.8 Å². The van der Waals surface area contributed by atoms with E-state index in [4.69, 9.17) is 0 Å². The van der Waals surface area contributed by atoms with E-state index >= 15 is 0 Å². The van der Waals surface area contributed by atoms with Crippen molar-refractivity contribution in [2.24, 2.45) is 0 Å². The van der Waals surface area contributed by atoms with Gasteiger partial charge in [-0.05, 0) is 35.6 Å². The standard InChI is InChI=1S/C18H15N5O2S/c1-26-18-20-17-19-15(12-7-9-14(10-8-12)23(24)25)11-16(22(17)21-18)13-5-3-2-4-6-13/h2-11,16H,1H3,(H,19,20,21)/t16-/m1/s1. The molecule has 7 nitrogen and oxygen atoms in total. The average Bonchev–Trinajstić information content (AvgIpc) is 3.11. The van der Waals surface area contributed by atoms with Crippen LogP contribution < -0.4 is 5.32 Å². The summed E-state index contributed by atoms with van der Waals surface area (Å²) in [7, 11) is 0. The summed E-state index contributed by atoms with van der Waals surface area (Å²) in [5, 5.41) is 19.4. The van der Waals surface area contributed by atoms with Crippen molar-refractivity contribution in [3.05, 3.63) is 81.9 Å². The Balaban J connectivity index is 1.78. The highest BCUT2D eigenvalue weighted by atomic mass is 32.2. The number of nitrogens with one attached hydrogen (secondary N) is 1. The molecule has 0 fully saturated rings. The number of benzene rings is 2. The number of aromatic nitrogens is 3. The lowest BCUT2D eigenvalue weighted by molar-refractivity contribution is -0.384. The lowest BCUT2D eigenvalue weighted by Gasteiger charge is -2.24. The van der Waals surface area contributed by atoms with Gasteiger partial charge in [0.1, 0.15) is 6.04 Å². The van der Waals surface area contributed by atoms with E-state index in [1.807, 2.05) is 41.3 Å². The fraction of sp³-hybridized carbons (Fsp3) is 0.111. The molecule has 1 aliphatic heterocycles. The third-order valence-electron chi connectivity index (χ3n) is 4.16. The fourth-order valence-electron chi connectivity index (χ4n) is 2.88. The summed E-state index contributed by atoms with van der Waals surface area (Å²) < 4.78 is 1.86. The van der Waals surface area contributed by atoms with Crippen molar-refractivity contribution in [3.8, 4) is 0 Å². The number of nitro groups is 1. The molecule has 3 aromatic rings. The first-order valence-corrected chi connectivity index (χ1v) is 9.17. The Morgan fingerprint density at radius 1 is 1.15 bits per heavy atom. The van der Waals surface area contributed by atoms with Crippen LogP contribution in [-0.2, 0) is 0 Å². The number of fused-ring (bicyclic) bond motifs is 1. The van der Waals surface area contributed by atoms with Crippen molar-refractivity contribution in [2.45, 2.75) is 11.2 Å². The monoisotopic (exact) mass is 365 g/mol. The first kappa shape index (κ1) is 16.3. The molecule has 1 aromatic heterocycles. The van der Waals surface area contributed by atoms with Crippen molar-refractivity contribution in [3.63, 3.8) is 0 Å². The highest BCUT2D eigenvalue weighted by Gasteiger charge is 2.25. The van der Waals surface area contributed by atoms with Gasteiger partial charge in [0, 0.05) is 17.8 Å². The summed E-state index contributed by atoms with van der Waals surface area (Å²) in [6, 6.07) is 16.4. The van der Waals surface area contributed by atoms with Crippen LogP contribution in [0.5, 0.6) is 0 Å². The van der Waals surface area contributed by atoms with Crippen LogP contribution >= 0.6 is 11.8 Å². The molecule has 1 aliphatic rings. The summed E-state index contributed by atoms with van der Waals surface area (Å²) in [4.78, 5) is 15.0. The van der Waals surface area contributed by atoms with E-state index in [1.54, 1.807) is 12.1 Å².